The predicted octanol–water partition coefficient (Wildman–Crippen LogP) is 1.91. The second-order valence-electron chi connectivity index (χ2n) is 5.00. The van der Waals surface area contributed by atoms with Crippen LogP contribution in [-0.2, 0) is 6.42 Å². The monoisotopic (exact) mass is 242 g/mol. The van der Waals surface area contributed by atoms with Crippen molar-refractivity contribution in [3.63, 3.8) is 0 Å². The van der Waals surface area contributed by atoms with E-state index in [2.05, 4.69) is 59.3 Å². The molecule has 1 fully saturated rings. The van der Waals surface area contributed by atoms with Crippen molar-refractivity contribution in [3.05, 3.63) is 35.9 Å². The minimum Gasteiger partial charge on any atom is -0.311 e. The number of piperazine rings is 1. The molecule has 0 amide bonds. The molecule has 18 heavy (non-hydrogen) atoms. The molecule has 2 heteroatoms. The smallest absolute Gasteiger partial charge is 0.0604 e. The fourth-order valence-corrected chi connectivity index (χ4v) is 2.43. The normalized spacial score (nSPS) is 24.3. The van der Waals surface area contributed by atoms with Gasteiger partial charge in [-0.1, -0.05) is 36.3 Å². The summed E-state index contributed by atoms with van der Waals surface area (Å²) in [5.74, 6) is 6.17. The zero-order valence-electron chi connectivity index (χ0n) is 11.3. The average Bonchev–Trinajstić information content (AvgIpc) is 2.40. The molecule has 1 N–H and O–H groups in total. The van der Waals surface area contributed by atoms with E-state index in [4.69, 9.17) is 0 Å². The Balaban J connectivity index is 1.92. The van der Waals surface area contributed by atoms with Crippen LogP contribution in [-0.4, -0.2) is 36.6 Å². The Morgan fingerprint density at radius 1 is 1.33 bits per heavy atom. The second kappa shape index (κ2) is 6.58. The van der Waals surface area contributed by atoms with E-state index in [1.165, 1.54) is 5.56 Å². The molecule has 1 heterocycles. The van der Waals surface area contributed by atoms with Crippen LogP contribution in [0.2, 0.25) is 0 Å². The highest BCUT2D eigenvalue weighted by Crippen LogP contribution is 2.10. The van der Waals surface area contributed by atoms with Crippen molar-refractivity contribution in [2.75, 3.05) is 19.6 Å². The maximum Gasteiger partial charge on any atom is 0.0604 e. The fraction of sp³-hybridized carbons (Fsp3) is 0.500. The summed E-state index contributed by atoms with van der Waals surface area (Å²) in [4.78, 5) is 2.47. The van der Waals surface area contributed by atoms with Gasteiger partial charge in [-0.05, 0) is 25.8 Å². The molecule has 1 aromatic rings. The van der Waals surface area contributed by atoms with Crippen LogP contribution in [0.4, 0.5) is 0 Å². The average molecular weight is 242 g/mol. The molecular formula is C16H22N2. The van der Waals surface area contributed by atoms with E-state index in [-0.39, 0.29) is 0 Å². The van der Waals surface area contributed by atoms with Crippen molar-refractivity contribution in [2.24, 2.45) is 0 Å². The highest BCUT2D eigenvalue weighted by atomic mass is 15.2. The summed E-state index contributed by atoms with van der Waals surface area (Å²) >= 11 is 0. The van der Waals surface area contributed by atoms with Gasteiger partial charge >= 0.3 is 0 Å². The maximum atomic E-state index is 3.63. The molecule has 2 rings (SSSR count). The predicted molar refractivity (Wildman–Crippen MR) is 76.4 cm³/mol. The number of rotatable bonds is 3. The van der Waals surface area contributed by atoms with Gasteiger partial charge in [0.25, 0.3) is 0 Å². The summed E-state index contributed by atoms with van der Waals surface area (Å²) in [6.45, 7) is 7.22. The van der Waals surface area contributed by atoms with Crippen molar-refractivity contribution in [1.82, 2.24) is 10.2 Å². The van der Waals surface area contributed by atoms with E-state index < -0.39 is 0 Å². The van der Waals surface area contributed by atoms with Gasteiger partial charge in [0.1, 0.15) is 0 Å². The van der Waals surface area contributed by atoms with E-state index in [0.29, 0.717) is 12.1 Å². The Morgan fingerprint density at radius 3 is 2.83 bits per heavy atom. The zero-order valence-corrected chi connectivity index (χ0v) is 11.3. The van der Waals surface area contributed by atoms with Crippen molar-refractivity contribution < 1.29 is 0 Å². The molecule has 96 valence electrons. The van der Waals surface area contributed by atoms with Crippen LogP contribution in [0.25, 0.3) is 0 Å². The molecule has 0 saturated carbocycles. The van der Waals surface area contributed by atoms with Gasteiger partial charge in [0, 0.05) is 25.2 Å². The first kappa shape index (κ1) is 13.1. The lowest BCUT2D eigenvalue weighted by Crippen LogP contribution is -2.56. The largest absolute Gasteiger partial charge is 0.311 e. The molecule has 0 spiro atoms. The first-order valence-corrected chi connectivity index (χ1v) is 6.70. The maximum absolute atomic E-state index is 3.63. The molecule has 0 aliphatic carbocycles. The third kappa shape index (κ3) is 3.60. The summed E-state index contributed by atoms with van der Waals surface area (Å²) < 4.78 is 0. The fourth-order valence-electron chi connectivity index (χ4n) is 2.43. The van der Waals surface area contributed by atoms with Crippen molar-refractivity contribution in [3.8, 4) is 11.8 Å². The van der Waals surface area contributed by atoms with Crippen molar-refractivity contribution in [2.45, 2.75) is 32.4 Å². The minimum absolute atomic E-state index is 0.544. The molecule has 2 unspecified atom stereocenters. The van der Waals surface area contributed by atoms with Crippen LogP contribution < -0.4 is 5.32 Å². The quantitative estimate of drug-likeness (QED) is 0.815. The van der Waals surface area contributed by atoms with Gasteiger partial charge in [-0.15, -0.1) is 5.92 Å². The number of hydrogen-bond donors (Lipinski definition) is 1. The number of benzene rings is 1. The Labute approximate surface area is 110 Å². The second-order valence-corrected chi connectivity index (χ2v) is 5.00. The van der Waals surface area contributed by atoms with Crippen LogP contribution in [0.3, 0.4) is 0 Å². The SMILES string of the molecule is CC#CCN1CC(Cc2ccccc2)NCC1C. The Kier molecular flexibility index (Phi) is 4.81. The highest BCUT2D eigenvalue weighted by Gasteiger charge is 2.24. The van der Waals surface area contributed by atoms with Crippen LogP contribution in [0, 0.1) is 11.8 Å². The van der Waals surface area contributed by atoms with E-state index in [0.717, 1.165) is 26.1 Å². The lowest BCUT2D eigenvalue weighted by Gasteiger charge is -2.37. The third-order valence-electron chi connectivity index (χ3n) is 3.56. The van der Waals surface area contributed by atoms with Gasteiger partial charge in [-0.25, -0.2) is 0 Å². The van der Waals surface area contributed by atoms with Gasteiger partial charge in [0.15, 0.2) is 0 Å². The van der Waals surface area contributed by atoms with Crippen molar-refractivity contribution >= 4 is 0 Å². The van der Waals surface area contributed by atoms with Crippen LogP contribution in [0.5, 0.6) is 0 Å². The highest BCUT2D eigenvalue weighted by molar-refractivity contribution is 5.16. The molecule has 1 aliphatic rings. The molecule has 0 aromatic heterocycles. The van der Waals surface area contributed by atoms with Gasteiger partial charge in [-0.2, -0.15) is 0 Å². The van der Waals surface area contributed by atoms with Crippen molar-refractivity contribution in [1.29, 1.82) is 0 Å². The minimum atomic E-state index is 0.544. The van der Waals surface area contributed by atoms with Gasteiger partial charge in [-0.3, -0.25) is 4.90 Å². The molecule has 1 aromatic carbocycles. The van der Waals surface area contributed by atoms with Crippen LogP contribution >= 0.6 is 0 Å². The molecule has 2 nitrogen and oxygen atoms in total. The number of nitrogens with one attached hydrogen (secondary N) is 1. The number of hydrogen-bond acceptors (Lipinski definition) is 2. The molecule has 0 radical (unpaired) electrons. The van der Waals surface area contributed by atoms with Gasteiger partial charge in [0.05, 0.1) is 6.54 Å². The Morgan fingerprint density at radius 2 is 2.11 bits per heavy atom. The van der Waals surface area contributed by atoms with E-state index in [9.17, 15) is 0 Å². The van der Waals surface area contributed by atoms with Gasteiger partial charge < -0.3 is 5.32 Å². The summed E-state index contributed by atoms with van der Waals surface area (Å²) in [6, 6.07) is 11.8. The lowest BCUT2D eigenvalue weighted by molar-refractivity contribution is 0.158. The molecule has 2 atom stereocenters. The Hall–Kier alpha value is -1.30. The Bertz CT molecular complexity index is 416. The summed E-state index contributed by atoms with van der Waals surface area (Å²) in [5, 5.41) is 3.63. The van der Waals surface area contributed by atoms with E-state index in [1.807, 2.05) is 6.92 Å². The first-order chi connectivity index (χ1) is 8.79. The van der Waals surface area contributed by atoms with Gasteiger partial charge in [0.2, 0.25) is 0 Å². The molecule has 0 bridgehead atoms. The molecule has 1 aliphatic heterocycles. The van der Waals surface area contributed by atoms with E-state index >= 15 is 0 Å². The molecular weight excluding hydrogens is 220 g/mol. The molecule has 1 saturated heterocycles. The summed E-state index contributed by atoms with van der Waals surface area (Å²) in [6.07, 6.45) is 1.10. The van der Waals surface area contributed by atoms with E-state index in [1.54, 1.807) is 0 Å². The van der Waals surface area contributed by atoms with Crippen LogP contribution in [0.1, 0.15) is 19.4 Å². The van der Waals surface area contributed by atoms with Crippen LogP contribution in [0.15, 0.2) is 30.3 Å². The summed E-state index contributed by atoms with van der Waals surface area (Å²) in [5.41, 5.74) is 1.41. The third-order valence-corrected chi connectivity index (χ3v) is 3.56. The standard InChI is InChI=1S/C16H22N2/c1-3-4-10-18-13-16(17-12-14(18)2)11-15-8-6-5-7-9-15/h5-9,14,16-17H,10-13H2,1-2H3. The zero-order chi connectivity index (χ0) is 12.8. The first-order valence-electron chi connectivity index (χ1n) is 6.70. The topological polar surface area (TPSA) is 15.3 Å². The number of nitrogens with zero attached hydrogens (tertiary/aromatic N) is 1. The summed E-state index contributed by atoms with van der Waals surface area (Å²) in [7, 11) is 0. The lowest BCUT2D eigenvalue weighted by atomic mass is 10.0.